The average Bonchev–Trinajstić information content (AvgIpc) is 3.07. The van der Waals surface area contributed by atoms with Crippen molar-refractivity contribution < 1.29 is 0 Å². The highest BCUT2D eigenvalue weighted by Gasteiger charge is 2.28. The molecule has 0 bridgehead atoms. The highest BCUT2D eigenvalue weighted by Crippen LogP contribution is 2.30. The second-order valence-electron chi connectivity index (χ2n) is 5.36. The van der Waals surface area contributed by atoms with E-state index >= 15 is 0 Å². The quantitative estimate of drug-likeness (QED) is 0.837. The first-order valence-electron chi connectivity index (χ1n) is 7.85. The molecule has 114 valence electrons. The summed E-state index contributed by atoms with van der Waals surface area (Å²) in [6.45, 7) is 12.2. The summed E-state index contributed by atoms with van der Waals surface area (Å²) < 4.78 is 0. The minimum atomic E-state index is 0.701. The Balaban J connectivity index is 2.06. The highest BCUT2D eigenvalue weighted by atomic mass is 32.1. The van der Waals surface area contributed by atoms with E-state index in [1.807, 2.05) is 18.4 Å². The zero-order chi connectivity index (χ0) is 14.5. The second-order valence-corrected chi connectivity index (χ2v) is 6.42. The third-order valence-electron chi connectivity index (χ3n) is 4.20. The smallest absolute Gasteiger partial charge is 0.185 e. The zero-order valence-electron chi connectivity index (χ0n) is 13.3. The van der Waals surface area contributed by atoms with Crippen LogP contribution in [0.5, 0.6) is 0 Å². The standard InChI is InChI=1S/C15H28N4S/c1-5-13-14(10-16-4)20-15(17-13)19-9-8-12(11-19)18(6-2)7-3/h12,16H,5-11H2,1-4H3. The number of aryl methyl sites for hydroxylation is 1. The van der Waals surface area contributed by atoms with E-state index in [4.69, 9.17) is 4.98 Å². The van der Waals surface area contributed by atoms with Gasteiger partial charge in [-0.25, -0.2) is 4.98 Å². The van der Waals surface area contributed by atoms with Crippen LogP contribution in [0.2, 0.25) is 0 Å². The lowest BCUT2D eigenvalue weighted by Crippen LogP contribution is -2.37. The summed E-state index contributed by atoms with van der Waals surface area (Å²) >= 11 is 1.87. The van der Waals surface area contributed by atoms with Crippen LogP contribution in [0.1, 0.15) is 37.8 Å². The van der Waals surface area contributed by atoms with Crippen molar-refractivity contribution >= 4 is 16.5 Å². The molecule has 1 atom stereocenters. The molecule has 0 spiro atoms. The van der Waals surface area contributed by atoms with Crippen LogP contribution in [0, 0.1) is 0 Å². The molecule has 1 saturated heterocycles. The Morgan fingerprint density at radius 2 is 2.10 bits per heavy atom. The largest absolute Gasteiger partial charge is 0.346 e. The molecule has 2 heterocycles. The number of thiazole rings is 1. The molecule has 1 aliphatic heterocycles. The van der Waals surface area contributed by atoms with Crippen molar-refractivity contribution in [1.82, 2.24) is 15.2 Å². The Morgan fingerprint density at radius 3 is 2.70 bits per heavy atom. The van der Waals surface area contributed by atoms with Gasteiger partial charge in [-0.2, -0.15) is 0 Å². The van der Waals surface area contributed by atoms with Gasteiger partial charge in [-0.3, -0.25) is 4.90 Å². The molecule has 20 heavy (non-hydrogen) atoms. The Bertz CT molecular complexity index is 414. The first-order chi connectivity index (χ1) is 9.73. The summed E-state index contributed by atoms with van der Waals surface area (Å²) in [6.07, 6.45) is 2.30. The summed E-state index contributed by atoms with van der Waals surface area (Å²) in [5.74, 6) is 0. The Labute approximate surface area is 127 Å². The maximum absolute atomic E-state index is 4.86. The number of nitrogens with one attached hydrogen (secondary N) is 1. The molecule has 1 aromatic rings. The Kier molecular flexibility index (Phi) is 5.81. The maximum Gasteiger partial charge on any atom is 0.185 e. The number of likely N-dealkylation sites (N-methyl/N-ethyl adjacent to an activating group) is 1. The fourth-order valence-electron chi connectivity index (χ4n) is 3.03. The van der Waals surface area contributed by atoms with Crippen LogP contribution in [0.25, 0.3) is 0 Å². The van der Waals surface area contributed by atoms with E-state index in [1.54, 1.807) is 0 Å². The van der Waals surface area contributed by atoms with Crippen LogP contribution in [-0.4, -0.2) is 49.2 Å². The molecule has 1 N–H and O–H groups in total. The summed E-state index contributed by atoms with van der Waals surface area (Å²) in [5.41, 5.74) is 1.27. The molecule has 1 unspecified atom stereocenters. The molecule has 1 fully saturated rings. The average molecular weight is 296 g/mol. The van der Waals surface area contributed by atoms with Crippen molar-refractivity contribution in [2.45, 2.75) is 46.2 Å². The van der Waals surface area contributed by atoms with Crippen molar-refractivity contribution in [1.29, 1.82) is 0 Å². The van der Waals surface area contributed by atoms with Gasteiger partial charge in [0.15, 0.2) is 5.13 Å². The minimum Gasteiger partial charge on any atom is -0.346 e. The number of nitrogens with zero attached hydrogens (tertiary/aromatic N) is 3. The van der Waals surface area contributed by atoms with Gasteiger partial charge in [-0.1, -0.05) is 20.8 Å². The molecule has 1 aromatic heterocycles. The van der Waals surface area contributed by atoms with Gasteiger partial charge in [-0.15, -0.1) is 11.3 Å². The number of anilines is 1. The van der Waals surface area contributed by atoms with Crippen molar-refractivity contribution in [3.05, 3.63) is 10.6 Å². The van der Waals surface area contributed by atoms with Gasteiger partial charge in [-0.05, 0) is 33.0 Å². The van der Waals surface area contributed by atoms with Gasteiger partial charge < -0.3 is 10.2 Å². The fourth-order valence-corrected chi connectivity index (χ4v) is 4.23. The zero-order valence-corrected chi connectivity index (χ0v) is 14.1. The van der Waals surface area contributed by atoms with E-state index in [1.165, 1.54) is 22.1 Å². The van der Waals surface area contributed by atoms with Gasteiger partial charge in [0.1, 0.15) is 0 Å². The van der Waals surface area contributed by atoms with E-state index in [2.05, 4.69) is 35.9 Å². The molecule has 1 aliphatic rings. The normalized spacial score (nSPS) is 19.2. The molecule has 0 saturated carbocycles. The lowest BCUT2D eigenvalue weighted by molar-refractivity contribution is 0.232. The highest BCUT2D eigenvalue weighted by molar-refractivity contribution is 7.15. The van der Waals surface area contributed by atoms with Gasteiger partial charge >= 0.3 is 0 Å². The SMILES string of the molecule is CCc1nc(N2CCC(N(CC)CC)C2)sc1CNC. The summed E-state index contributed by atoms with van der Waals surface area (Å²) in [4.78, 5) is 11.3. The van der Waals surface area contributed by atoms with Crippen LogP contribution in [0.3, 0.4) is 0 Å². The van der Waals surface area contributed by atoms with Crippen LogP contribution >= 0.6 is 11.3 Å². The lowest BCUT2D eigenvalue weighted by atomic mass is 10.2. The molecule has 0 radical (unpaired) electrons. The fraction of sp³-hybridized carbons (Fsp3) is 0.800. The van der Waals surface area contributed by atoms with Crippen molar-refractivity contribution in [2.24, 2.45) is 0 Å². The molecule has 5 heteroatoms. The van der Waals surface area contributed by atoms with Crippen LogP contribution in [-0.2, 0) is 13.0 Å². The van der Waals surface area contributed by atoms with Gasteiger partial charge in [0.05, 0.1) is 5.69 Å². The number of aromatic nitrogens is 1. The lowest BCUT2D eigenvalue weighted by Gasteiger charge is -2.25. The summed E-state index contributed by atoms with van der Waals surface area (Å²) in [6, 6.07) is 0.701. The van der Waals surface area contributed by atoms with Crippen LogP contribution in [0.15, 0.2) is 0 Å². The Hall–Kier alpha value is -0.650. The van der Waals surface area contributed by atoms with E-state index in [9.17, 15) is 0 Å². The molecule has 0 amide bonds. The van der Waals surface area contributed by atoms with Crippen LogP contribution in [0.4, 0.5) is 5.13 Å². The molecule has 4 nitrogen and oxygen atoms in total. The van der Waals surface area contributed by atoms with E-state index in [-0.39, 0.29) is 0 Å². The van der Waals surface area contributed by atoms with Gasteiger partial charge in [0.25, 0.3) is 0 Å². The number of hydrogen-bond acceptors (Lipinski definition) is 5. The van der Waals surface area contributed by atoms with E-state index in [0.717, 1.165) is 39.1 Å². The van der Waals surface area contributed by atoms with Crippen molar-refractivity contribution in [3.63, 3.8) is 0 Å². The summed E-state index contributed by atoms with van der Waals surface area (Å²) in [7, 11) is 2.01. The summed E-state index contributed by atoms with van der Waals surface area (Å²) in [5, 5.41) is 4.48. The topological polar surface area (TPSA) is 31.4 Å². The maximum atomic E-state index is 4.86. The van der Waals surface area contributed by atoms with Crippen molar-refractivity contribution in [2.75, 3.05) is 38.1 Å². The first-order valence-corrected chi connectivity index (χ1v) is 8.67. The Morgan fingerprint density at radius 1 is 1.35 bits per heavy atom. The van der Waals surface area contributed by atoms with E-state index < -0.39 is 0 Å². The number of rotatable bonds is 7. The third kappa shape index (κ3) is 3.32. The molecule has 2 rings (SSSR count). The molecular weight excluding hydrogens is 268 g/mol. The van der Waals surface area contributed by atoms with Gasteiger partial charge in [0, 0.05) is 30.6 Å². The van der Waals surface area contributed by atoms with Crippen molar-refractivity contribution in [3.8, 4) is 0 Å². The second kappa shape index (κ2) is 7.38. The predicted molar refractivity (Wildman–Crippen MR) is 87.8 cm³/mol. The predicted octanol–water partition coefficient (Wildman–Crippen LogP) is 2.35. The first kappa shape index (κ1) is 15.7. The molecular formula is C15H28N4S. The number of hydrogen-bond donors (Lipinski definition) is 1. The van der Waals surface area contributed by atoms with E-state index in [0.29, 0.717) is 6.04 Å². The van der Waals surface area contributed by atoms with Crippen LogP contribution < -0.4 is 10.2 Å². The monoisotopic (exact) mass is 296 g/mol. The molecule has 0 aromatic carbocycles. The third-order valence-corrected chi connectivity index (χ3v) is 5.36. The molecule has 0 aliphatic carbocycles. The van der Waals surface area contributed by atoms with Gasteiger partial charge in [0.2, 0.25) is 0 Å². The minimum absolute atomic E-state index is 0.701.